The van der Waals surface area contributed by atoms with E-state index in [9.17, 15) is 4.79 Å². The van der Waals surface area contributed by atoms with Crippen molar-refractivity contribution in [3.63, 3.8) is 0 Å². The maximum absolute atomic E-state index is 11.9. The predicted molar refractivity (Wildman–Crippen MR) is 103 cm³/mol. The third kappa shape index (κ3) is 12.4. The van der Waals surface area contributed by atoms with Crippen molar-refractivity contribution in [2.45, 2.75) is 25.7 Å². The molecule has 7 nitrogen and oxygen atoms in total. The highest BCUT2D eigenvalue weighted by Gasteiger charge is 2.06. The van der Waals surface area contributed by atoms with E-state index in [1.165, 1.54) is 0 Å². The molecule has 0 saturated carbocycles. The van der Waals surface area contributed by atoms with Gasteiger partial charge in [-0.15, -0.1) is 0 Å². The highest BCUT2D eigenvalue weighted by atomic mass is 16.5. The number of carbonyl (C=O) groups is 1. The van der Waals surface area contributed by atoms with Gasteiger partial charge in [-0.2, -0.15) is 0 Å². The molecule has 0 aliphatic heterocycles. The van der Waals surface area contributed by atoms with Gasteiger partial charge in [-0.1, -0.05) is 12.1 Å². The molecule has 0 unspecified atom stereocenters. The number of ether oxygens (including phenoxy) is 5. The summed E-state index contributed by atoms with van der Waals surface area (Å²) in [6, 6.07) is 7.29. The summed E-state index contributed by atoms with van der Waals surface area (Å²) in [5.74, 6) is 1.28. The molecule has 0 aromatic heterocycles. The summed E-state index contributed by atoms with van der Waals surface area (Å²) in [5, 5.41) is 0. The van der Waals surface area contributed by atoms with Gasteiger partial charge in [0.2, 0.25) is 0 Å². The highest BCUT2D eigenvalue weighted by molar-refractivity contribution is 5.79. The number of rotatable bonds is 18. The van der Waals surface area contributed by atoms with Gasteiger partial charge in [0, 0.05) is 19.6 Å². The van der Waals surface area contributed by atoms with Crippen molar-refractivity contribution in [2.75, 3.05) is 59.9 Å². The number of nitrogens with two attached hydrogens (primary N) is 1. The van der Waals surface area contributed by atoms with Crippen LogP contribution in [0.2, 0.25) is 0 Å². The van der Waals surface area contributed by atoms with Crippen LogP contribution in [0.5, 0.6) is 11.5 Å². The molecule has 7 heteroatoms. The van der Waals surface area contributed by atoms with E-state index in [0.29, 0.717) is 64.1 Å². The van der Waals surface area contributed by atoms with Crippen LogP contribution in [0.3, 0.4) is 0 Å². The Morgan fingerprint density at radius 3 is 2.07 bits per heavy atom. The maximum Gasteiger partial charge on any atom is 0.170 e. The molecule has 1 aromatic carbocycles. The summed E-state index contributed by atoms with van der Waals surface area (Å²) in [6.45, 7) is 4.25. The normalized spacial score (nSPS) is 10.7. The standard InChI is InChI=1S/C20H33NO6/c1-23-19-8-2-3-9-20(19)27-17-18(22)7-4-5-11-24-13-15-26-16-14-25-12-6-10-21/h2-3,8-9H,4-7,10-17,21H2,1H3. The summed E-state index contributed by atoms with van der Waals surface area (Å²) in [6.07, 6.45) is 2.97. The number of methoxy groups -OCH3 is 1. The number of para-hydroxylation sites is 2. The van der Waals surface area contributed by atoms with Crippen LogP contribution >= 0.6 is 0 Å². The first-order chi connectivity index (χ1) is 13.3. The van der Waals surface area contributed by atoms with E-state index in [1.807, 2.05) is 12.1 Å². The molecule has 2 N–H and O–H groups in total. The second-order valence-electron chi connectivity index (χ2n) is 5.91. The third-order valence-electron chi connectivity index (χ3n) is 3.69. The van der Waals surface area contributed by atoms with Gasteiger partial charge in [0.15, 0.2) is 17.3 Å². The highest BCUT2D eigenvalue weighted by Crippen LogP contribution is 2.25. The van der Waals surface area contributed by atoms with Crippen LogP contribution in [0.15, 0.2) is 24.3 Å². The fourth-order valence-corrected chi connectivity index (χ4v) is 2.22. The van der Waals surface area contributed by atoms with Crippen LogP contribution < -0.4 is 15.2 Å². The molecule has 1 rings (SSSR count). The number of Topliss-reactive ketones (excluding diaryl/α,β-unsaturated/α-hetero) is 1. The van der Waals surface area contributed by atoms with Crippen molar-refractivity contribution >= 4 is 5.78 Å². The van der Waals surface area contributed by atoms with Crippen molar-refractivity contribution in [2.24, 2.45) is 5.73 Å². The Bertz CT molecular complexity index is 497. The Labute approximate surface area is 162 Å². The van der Waals surface area contributed by atoms with E-state index in [2.05, 4.69) is 0 Å². The Morgan fingerprint density at radius 2 is 1.44 bits per heavy atom. The third-order valence-corrected chi connectivity index (χ3v) is 3.69. The lowest BCUT2D eigenvalue weighted by Gasteiger charge is -2.09. The number of hydrogen-bond acceptors (Lipinski definition) is 7. The molecule has 0 amide bonds. The van der Waals surface area contributed by atoms with E-state index < -0.39 is 0 Å². The molecule has 1 aromatic rings. The monoisotopic (exact) mass is 383 g/mol. The molecule has 0 atom stereocenters. The second kappa shape index (κ2) is 16.5. The Balaban J connectivity index is 1.90. The molecule has 0 spiro atoms. The van der Waals surface area contributed by atoms with Gasteiger partial charge >= 0.3 is 0 Å². The Morgan fingerprint density at radius 1 is 0.852 bits per heavy atom. The molecule has 0 radical (unpaired) electrons. The van der Waals surface area contributed by atoms with Crippen LogP contribution in [-0.2, 0) is 19.0 Å². The lowest BCUT2D eigenvalue weighted by atomic mass is 10.2. The molecule has 0 fully saturated rings. The van der Waals surface area contributed by atoms with Crippen molar-refractivity contribution in [1.29, 1.82) is 0 Å². The van der Waals surface area contributed by atoms with Crippen LogP contribution in [0, 0.1) is 0 Å². The van der Waals surface area contributed by atoms with Crippen LogP contribution in [0.4, 0.5) is 0 Å². The quantitative estimate of drug-likeness (QED) is 0.389. The van der Waals surface area contributed by atoms with E-state index in [-0.39, 0.29) is 12.4 Å². The summed E-state index contributed by atoms with van der Waals surface area (Å²) in [5.41, 5.74) is 5.37. The van der Waals surface area contributed by atoms with Crippen molar-refractivity contribution < 1.29 is 28.5 Å². The molecule has 154 valence electrons. The Hall–Kier alpha value is -1.67. The summed E-state index contributed by atoms with van der Waals surface area (Å²) in [7, 11) is 1.58. The Kier molecular flexibility index (Phi) is 14.3. The van der Waals surface area contributed by atoms with Crippen molar-refractivity contribution in [3.05, 3.63) is 24.3 Å². The average molecular weight is 383 g/mol. The zero-order valence-electron chi connectivity index (χ0n) is 16.3. The number of hydrogen-bond donors (Lipinski definition) is 1. The molecule has 0 bridgehead atoms. The predicted octanol–water partition coefficient (Wildman–Crippen LogP) is 2.21. The molecule has 27 heavy (non-hydrogen) atoms. The first kappa shape index (κ1) is 23.4. The lowest BCUT2D eigenvalue weighted by Crippen LogP contribution is -2.12. The lowest BCUT2D eigenvalue weighted by molar-refractivity contribution is -0.121. The van der Waals surface area contributed by atoms with E-state index in [0.717, 1.165) is 19.3 Å². The molecular weight excluding hydrogens is 350 g/mol. The van der Waals surface area contributed by atoms with E-state index in [4.69, 9.17) is 29.4 Å². The molecular formula is C20H33NO6. The minimum absolute atomic E-state index is 0.0580. The SMILES string of the molecule is COc1ccccc1OCC(=O)CCCCOCCOCCOCCCN. The van der Waals surface area contributed by atoms with Crippen molar-refractivity contribution in [3.8, 4) is 11.5 Å². The van der Waals surface area contributed by atoms with Crippen molar-refractivity contribution in [1.82, 2.24) is 0 Å². The van der Waals surface area contributed by atoms with Crippen LogP contribution in [-0.4, -0.2) is 65.7 Å². The summed E-state index contributed by atoms with van der Waals surface area (Å²) >= 11 is 0. The van der Waals surface area contributed by atoms with Gasteiger partial charge in [0.25, 0.3) is 0 Å². The first-order valence-corrected chi connectivity index (χ1v) is 9.48. The van der Waals surface area contributed by atoms with Gasteiger partial charge in [-0.05, 0) is 37.9 Å². The summed E-state index contributed by atoms with van der Waals surface area (Å²) in [4.78, 5) is 11.9. The zero-order chi connectivity index (χ0) is 19.6. The smallest absolute Gasteiger partial charge is 0.170 e. The topological polar surface area (TPSA) is 89.2 Å². The first-order valence-electron chi connectivity index (χ1n) is 9.48. The van der Waals surface area contributed by atoms with Gasteiger partial charge < -0.3 is 29.4 Å². The van der Waals surface area contributed by atoms with Gasteiger partial charge in [-0.3, -0.25) is 4.79 Å². The fourth-order valence-electron chi connectivity index (χ4n) is 2.22. The molecule has 0 saturated heterocycles. The summed E-state index contributed by atoms with van der Waals surface area (Å²) < 4.78 is 26.9. The minimum atomic E-state index is 0.0580. The van der Waals surface area contributed by atoms with E-state index in [1.54, 1.807) is 19.2 Å². The maximum atomic E-state index is 11.9. The van der Waals surface area contributed by atoms with Gasteiger partial charge in [0.1, 0.15) is 6.61 Å². The number of ketones is 1. The number of benzene rings is 1. The number of unbranched alkanes of at least 4 members (excludes halogenated alkanes) is 1. The minimum Gasteiger partial charge on any atom is -0.493 e. The average Bonchev–Trinajstić information content (AvgIpc) is 2.70. The largest absolute Gasteiger partial charge is 0.493 e. The van der Waals surface area contributed by atoms with Crippen LogP contribution in [0.25, 0.3) is 0 Å². The van der Waals surface area contributed by atoms with Gasteiger partial charge in [-0.25, -0.2) is 0 Å². The second-order valence-corrected chi connectivity index (χ2v) is 5.91. The molecule has 0 aliphatic rings. The zero-order valence-corrected chi connectivity index (χ0v) is 16.3. The fraction of sp³-hybridized carbons (Fsp3) is 0.650. The number of carbonyl (C=O) groups excluding carboxylic acids is 1. The molecule has 0 aliphatic carbocycles. The van der Waals surface area contributed by atoms with Crippen LogP contribution in [0.1, 0.15) is 25.7 Å². The van der Waals surface area contributed by atoms with E-state index >= 15 is 0 Å². The van der Waals surface area contributed by atoms with Gasteiger partial charge in [0.05, 0.1) is 33.5 Å². The molecule has 0 heterocycles.